The fourth-order valence-corrected chi connectivity index (χ4v) is 2.65. The van der Waals surface area contributed by atoms with E-state index in [1.54, 1.807) is 18.2 Å². The Bertz CT molecular complexity index is 618. The third-order valence-electron chi connectivity index (χ3n) is 2.57. The van der Waals surface area contributed by atoms with Crippen molar-refractivity contribution < 1.29 is 4.92 Å². The lowest BCUT2D eigenvalue weighted by atomic mass is 10.2. The van der Waals surface area contributed by atoms with E-state index in [-0.39, 0.29) is 10.6 Å². The molecule has 1 N–H and O–H groups in total. The molecule has 6 heteroatoms. The zero-order valence-electron chi connectivity index (χ0n) is 10.5. The van der Waals surface area contributed by atoms with Gasteiger partial charge in [-0.25, -0.2) is 0 Å². The zero-order chi connectivity index (χ0) is 14.4. The lowest BCUT2D eigenvalue weighted by molar-refractivity contribution is -0.385. The van der Waals surface area contributed by atoms with Gasteiger partial charge in [-0.2, -0.15) is 0 Å². The number of para-hydroxylation sites is 2. The van der Waals surface area contributed by atoms with Gasteiger partial charge in [0.25, 0.3) is 5.69 Å². The Labute approximate surface area is 126 Å². The van der Waals surface area contributed by atoms with Crippen molar-refractivity contribution in [3.05, 3.63) is 70.3 Å². The average molecular weight is 304 g/mol. The molecule has 0 aromatic heterocycles. The first-order valence-corrected chi connectivity index (χ1v) is 7.27. The standard InChI is InChI=1S/C14H12N2O2S2/c17-16(18)13-9-5-4-6-11(13)10-20-14(19)15-12-7-2-1-3-8-12/h1-9H,10H2,(H,15,19). The molecule has 2 aromatic carbocycles. The quantitative estimate of drug-likeness (QED) is 0.520. The zero-order valence-corrected chi connectivity index (χ0v) is 12.1. The molecule has 2 rings (SSSR count). The van der Waals surface area contributed by atoms with Crippen LogP contribution in [-0.2, 0) is 5.75 Å². The van der Waals surface area contributed by atoms with Crippen LogP contribution in [0.15, 0.2) is 54.6 Å². The van der Waals surface area contributed by atoms with Crippen LogP contribution in [0, 0.1) is 10.1 Å². The van der Waals surface area contributed by atoms with E-state index < -0.39 is 0 Å². The largest absolute Gasteiger partial charge is 0.341 e. The second kappa shape index (κ2) is 7.02. The average Bonchev–Trinajstić information content (AvgIpc) is 2.46. The van der Waals surface area contributed by atoms with Gasteiger partial charge in [-0.05, 0) is 12.1 Å². The van der Waals surface area contributed by atoms with Crippen LogP contribution >= 0.6 is 24.0 Å². The number of anilines is 1. The number of thiocarbonyl (C=S) groups is 1. The summed E-state index contributed by atoms with van der Waals surface area (Å²) in [4.78, 5) is 10.5. The van der Waals surface area contributed by atoms with Gasteiger partial charge in [0.15, 0.2) is 0 Å². The molecule has 0 heterocycles. The number of nitro groups is 1. The minimum Gasteiger partial charge on any atom is -0.341 e. The van der Waals surface area contributed by atoms with E-state index in [0.717, 1.165) is 5.69 Å². The van der Waals surface area contributed by atoms with E-state index in [4.69, 9.17) is 12.2 Å². The molecule has 0 saturated carbocycles. The van der Waals surface area contributed by atoms with Crippen molar-refractivity contribution in [1.29, 1.82) is 0 Å². The number of hydrogen-bond donors (Lipinski definition) is 1. The van der Waals surface area contributed by atoms with Crippen LogP contribution in [0.5, 0.6) is 0 Å². The second-order valence-electron chi connectivity index (χ2n) is 3.95. The Morgan fingerprint density at radius 1 is 1.15 bits per heavy atom. The van der Waals surface area contributed by atoms with E-state index in [2.05, 4.69) is 5.32 Å². The van der Waals surface area contributed by atoms with Gasteiger partial charge < -0.3 is 5.32 Å². The SMILES string of the molecule is O=[N+]([O-])c1ccccc1CSC(=S)Nc1ccccc1. The first-order valence-electron chi connectivity index (χ1n) is 5.88. The van der Waals surface area contributed by atoms with Crippen molar-refractivity contribution in [2.75, 3.05) is 5.32 Å². The molecule has 0 amide bonds. The Morgan fingerprint density at radius 3 is 2.50 bits per heavy atom. The Balaban J connectivity index is 1.96. The van der Waals surface area contributed by atoms with Gasteiger partial charge in [0.1, 0.15) is 4.32 Å². The number of benzene rings is 2. The van der Waals surface area contributed by atoms with Crippen LogP contribution < -0.4 is 5.32 Å². The summed E-state index contributed by atoms with van der Waals surface area (Å²) in [6.07, 6.45) is 0. The molecular weight excluding hydrogens is 292 g/mol. The van der Waals surface area contributed by atoms with E-state index in [1.165, 1.54) is 17.8 Å². The van der Waals surface area contributed by atoms with Crippen molar-refractivity contribution in [3.63, 3.8) is 0 Å². The Morgan fingerprint density at radius 2 is 1.80 bits per heavy atom. The maximum Gasteiger partial charge on any atom is 0.273 e. The van der Waals surface area contributed by atoms with E-state index in [0.29, 0.717) is 15.6 Å². The van der Waals surface area contributed by atoms with Gasteiger partial charge in [-0.3, -0.25) is 10.1 Å². The predicted molar refractivity (Wildman–Crippen MR) is 87.1 cm³/mol. The van der Waals surface area contributed by atoms with Crippen molar-refractivity contribution in [1.82, 2.24) is 0 Å². The molecule has 0 spiro atoms. The second-order valence-corrected chi connectivity index (χ2v) is 5.61. The number of rotatable bonds is 4. The molecule has 0 aliphatic heterocycles. The first-order chi connectivity index (χ1) is 9.66. The van der Waals surface area contributed by atoms with Crippen molar-refractivity contribution in [3.8, 4) is 0 Å². The summed E-state index contributed by atoms with van der Waals surface area (Å²) in [7, 11) is 0. The summed E-state index contributed by atoms with van der Waals surface area (Å²) in [6.45, 7) is 0. The van der Waals surface area contributed by atoms with Gasteiger partial charge >= 0.3 is 0 Å². The highest BCUT2D eigenvalue weighted by Gasteiger charge is 2.12. The highest BCUT2D eigenvalue weighted by atomic mass is 32.2. The fraction of sp³-hybridized carbons (Fsp3) is 0.0714. The van der Waals surface area contributed by atoms with Gasteiger partial charge in [0.05, 0.1) is 4.92 Å². The summed E-state index contributed by atoms with van der Waals surface area (Å²) in [6, 6.07) is 16.3. The summed E-state index contributed by atoms with van der Waals surface area (Å²) in [5.74, 6) is 0.468. The van der Waals surface area contributed by atoms with E-state index in [9.17, 15) is 10.1 Å². The molecule has 20 heavy (non-hydrogen) atoms. The summed E-state index contributed by atoms with van der Waals surface area (Å²) in [5, 5.41) is 14.0. The molecule has 0 radical (unpaired) electrons. The third kappa shape index (κ3) is 4.04. The smallest absolute Gasteiger partial charge is 0.273 e. The van der Waals surface area contributed by atoms with Crippen LogP contribution in [0.3, 0.4) is 0 Å². The fourth-order valence-electron chi connectivity index (χ4n) is 1.63. The molecule has 0 bridgehead atoms. The normalized spacial score (nSPS) is 10.0. The van der Waals surface area contributed by atoms with E-state index in [1.807, 2.05) is 30.3 Å². The highest BCUT2D eigenvalue weighted by Crippen LogP contribution is 2.24. The maximum absolute atomic E-state index is 10.9. The topological polar surface area (TPSA) is 55.2 Å². The highest BCUT2D eigenvalue weighted by molar-refractivity contribution is 8.22. The molecule has 0 aliphatic carbocycles. The Kier molecular flexibility index (Phi) is 5.09. The molecule has 0 unspecified atom stereocenters. The van der Waals surface area contributed by atoms with Gasteiger partial charge in [0, 0.05) is 23.1 Å². The van der Waals surface area contributed by atoms with Crippen molar-refractivity contribution in [2.24, 2.45) is 0 Å². The predicted octanol–water partition coefficient (Wildman–Crippen LogP) is 4.23. The van der Waals surface area contributed by atoms with Crippen LogP contribution in [0.1, 0.15) is 5.56 Å². The minimum absolute atomic E-state index is 0.127. The van der Waals surface area contributed by atoms with E-state index >= 15 is 0 Å². The number of hydrogen-bond acceptors (Lipinski definition) is 4. The molecule has 4 nitrogen and oxygen atoms in total. The lowest BCUT2D eigenvalue weighted by Crippen LogP contribution is -2.05. The van der Waals surface area contributed by atoms with Crippen LogP contribution in [0.2, 0.25) is 0 Å². The molecule has 2 aromatic rings. The van der Waals surface area contributed by atoms with Crippen LogP contribution in [-0.4, -0.2) is 9.24 Å². The summed E-state index contributed by atoms with van der Waals surface area (Å²) < 4.78 is 0.592. The number of nitro benzene ring substituents is 1. The monoisotopic (exact) mass is 304 g/mol. The number of nitrogens with one attached hydrogen (secondary N) is 1. The first kappa shape index (κ1) is 14.5. The molecule has 0 fully saturated rings. The van der Waals surface area contributed by atoms with Gasteiger partial charge in [-0.15, -0.1) is 0 Å². The molecule has 0 atom stereocenters. The van der Waals surface area contributed by atoms with Crippen LogP contribution in [0.25, 0.3) is 0 Å². The molecule has 102 valence electrons. The molecule has 0 saturated heterocycles. The third-order valence-corrected chi connectivity index (χ3v) is 3.84. The van der Waals surface area contributed by atoms with Crippen molar-refractivity contribution in [2.45, 2.75) is 5.75 Å². The number of thioether (sulfide) groups is 1. The maximum atomic E-state index is 10.9. The summed E-state index contributed by atoms with van der Waals surface area (Å²) in [5.41, 5.74) is 1.70. The molecule has 0 aliphatic rings. The van der Waals surface area contributed by atoms with Gasteiger partial charge in [0.2, 0.25) is 0 Å². The minimum atomic E-state index is -0.371. The Hall–Kier alpha value is -1.92. The molecular formula is C14H12N2O2S2. The van der Waals surface area contributed by atoms with Crippen LogP contribution in [0.4, 0.5) is 11.4 Å². The lowest BCUT2D eigenvalue weighted by Gasteiger charge is -2.07. The van der Waals surface area contributed by atoms with Crippen molar-refractivity contribution >= 4 is 39.7 Å². The van der Waals surface area contributed by atoms with Gasteiger partial charge in [-0.1, -0.05) is 60.4 Å². The summed E-state index contributed by atoms with van der Waals surface area (Å²) >= 11 is 6.60. The number of nitrogens with zero attached hydrogens (tertiary/aromatic N) is 1.